The SMILES string of the molecule is CCNc1cncc(CNCC(C)C)n1. The third-order valence-electron chi connectivity index (χ3n) is 1.90. The van der Waals surface area contributed by atoms with Crippen LogP contribution in [-0.2, 0) is 6.54 Å². The Hall–Kier alpha value is -1.16. The van der Waals surface area contributed by atoms with E-state index in [1.807, 2.05) is 6.92 Å². The van der Waals surface area contributed by atoms with Gasteiger partial charge in [-0.05, 0) is 19.4 Å². The molecule has 0 bridgehead atoms. The zero-order valence-electron chi connectivity index (χ0n) is 9.75. The minimum absolute atomic E-state index is 0.662. The summed E-state index contributed by atoms with van der Waals surface area (Å²) in [4.78, 5) is 8.56. The van der Waals surface area contributed by atoms with E-state index in [0.29, 0.717) is 5.92 Å². The number of aromatic nitrogens is 2. The van der Waals surface area contributed by atoms with Crippen LogP contribution in [0.4, 0.5) is 5.82 Å². The highest BCUT2D eigenvalue weighted by atomic mass is 15.0. The van der Waals surface area contributed by atoms with E-state index in [9.17, 15) is 0 Å². The second-order valence-electron chi connectivity index (χ2n) is 3.95. The summed E-state index contributed by atoms with van der Waals surface area (Å²) in [5.74, 6) is 1.51. The first-order valence-corrected chi connectivity index (χ1v) is 5.48. The van der Waals surface area contributed by atoms with E-state index < -0.39 is 0 Å². The largest absolute Gasteiger partial charge is 0.369 e. The summed E-state index contributed by atoms with van der Waals surface area (Å²) in [5, 5.41) is 6.49. The van der Waals surface area contributed by atoms with Crippen molar-refractivity contribution >= 4 is 5.82 Å². The van der Waals surface area contributed by atoms with Crippen molar-refractivity contribution in [2.45, 2.75) is 27.3 Å². The second-order valence-corrected chi connectivity index (χ2v) is 3.95. The van der Waals surface area contributed by atoms with E-state index >= 15 is 0 Å². The van der Waals surface area contributed by atoms with Gasteiger partial charge in [-0.1, -0.05) is 13.8 Å². The maximum absolute atomic E-state index is 4.42. The van der Waals surface area contributed by atoms with E-state index in [0.717, 1.165) is 31.1 Å². The molecule has 0 saturated carbocycles. The van der Waals surface area contributed by atoms with Crippen molar-refractivity contribution in [2.75, 3.05) is 18.4 Å². The fourth-order valence-corrected chi connectivity index (χ4v) is 1.25. The minimum Gasteiger partial charge on any atom is -0.369 e. The van der Waals surface area contributed by atoms with E-state index in [1.165, 1.54) is 0 Å². The van der Waals surface area contributed by atoms with E-state index in [-0.39, 0.29) is 0 Å². The molecule has 0 aliphatic carbocycles. The number of anilines is 1. The van der Waals surface area contributed by atoms with Gasteiger partial charge in [-0.15, -0.1) is 0 Å². The Balaban J connectivity index is 2.43. The van der Waals surface area contributed by atoms with Gasteiger partial charge < -0.3 is 10.6 Å². The maximum Gasteiger partial charge on any atom is 0.144 e. The predicted molar refractivity (Wildman–Crippen MR) is 62.7 cm³/mol. The van der Waals surface area contributed by atoms with Crippen LogP contribution < -0.4 is 10.6 Å². The number of hydrogen-bond donors (Lipinski definition) is 2. The molecule has 15 heavy (non-hydrogen) atoms. The highest BCUT2D eigenvalue weighted by Gasteiger charge is 1.98. The van der Waals surface area contributed by atoms with Crippen LogP contribution >= 0.6 is 0 Å². The van der Waals surface area contributed by atoms with Crippen molar-refractivity contribution in [1.29, 1.82) is 0 Å². The Morgan fingerprint density at radius 1 is 1.33 bits per heavy atom. The molecule has 84 valence electrons. The van der Waals surface area contributed by atoms with Crippen LogP contribution in [0.15, 0.2) is 12.4 Å². The van der Waals surface area contributed by atoms with Crippen LogP contribution in [0.5, 0.6) is 0 Å². The third-order valence-corrected chi connectivity index (χ3v) is 1.90. The van der Waals surface area contributed by atoms with Gasteiger partial charge in [0.05, 0.1) is 11.9 Å². The first-order valence-electron chi connectivity index (χ1n) is 5.48. The quantitative estimate of drug-likeness (QED) is 0.746. The van der Waals surface area contributed by atoms with E-state index in [4.69, 9.17) is 0 Å². The molecule has 0 aliphatic rings. The normalized spacial score (nSPS) is 10.7. The van der Waals surface area contributed by atoms with Gasteiger partial charge in [-0.2, -0.15) is 0 Å². The summed E-state index contributed by atoms with van der Waals surface area (Å²) >= 11 is 0. The average Bonchev–Trinajstić information content (AvgIpc) is 2.18. The second kappa shape index (κ2) is 6.35. The van der Waals surface area contributed by atoms with Crippen LogP contribution in [0.25, 0.3) is 0 Å². The molecule has 0 fully saturated rings. The third kappa shape index (κ3) is 4.74. The molecule has 2 N–H and O–H groups in total. The van der Waals surface area contributed by atoms with Gasteiger partial charge in [0.15, 0.2) is 0 Å². The molecule has 1 rings (SSSR count). The summed E-state index contributed by atoms with van der Waals surface area (Å²) < 4.78 is 0. The van der Waals surface area contributed by atoms with Crippen molar-refractivity contribution in [2.24, 2.45) is 5.92 Å². The summed E-state index contributed by atoms with van der Waals surface area (Å²) in [6.45, 7) is 9.09. The predicted octanol–water partition coefficient (Wildman–Crippen LogP) is 1.65. The van der Waals surface area contributed by atoms with E-state index in [1.54, 1.807) is 12.4 Å². The lowest BCUT2D eigenvalue weighted by atomic mass is 10.2. The first kappa shape index (κ1) is 11.9. The monoisotopic (exact) mass is 208 g/mol. The highest BCUT2D eigenvalue weighted by Crippen LogP contribution is 2.01. The van der Waals surface area contributed by atoms with Crippen molar-refractivity contribution < 1.29 is 0 Å². The minimum atomic E-state index is 0.662. The molecule has 0 saturated heterocycles. The zero-order valence-corrected chi connectivity index (χ0v) is 9.75. The summed E-state index contributed by atoms with van der Waals surface area (Å²) in [7, 11) is 0. The molecule has 0 aliphatic heterocycles. The molecule has 4 heteroatoms. The highest BCUT2D eigenvalue weighted by molar-refractivity contribution is 5.31. The Kier molecular flexibility index (Phi) is 5.04. The lowest BCUT2D eigenvalue weighted by molar-refractivity contribution is 0.547. The van der Waals surface area contributed by atoms with Crippen LogP contribution in [0.1, 0.15) is 26.5 Å². The molecule has 0 radical (unpaired) electrons. The van der Waals surface area contributed by atoms with Crippen molar-refractivity contribution in [3.63, 3.8) is 0 Å². The van der Waals surface area contributed by atoms with Crippen molar-refractivity contribution in [1.82, 2.24) is 15.3 Å². The van der Waals surface area contributed by atoms with Crippen LogP contribution in [0.2, 0.25) is 0 Å². The molecule has 0 unspecified atom stereocenters. The zero-order chi connectivity index (χ0) is 11.1. The van der Waals surface area contributed by atoms with Crippen molar-refractivity contribution in [3.8, 4) is 0 Å². The van der Waals surface area contributed by atoms with Crippen LogP contribution in [0, 0.1) is 5.92 Å². The van der Waals surface area contributed by atoms with Crippen LogP contribution in [0.3, 0.4) is 0 Å². The molecule has 1 aromatic heterocycles. The Morgan fingerprint density at radius 2 is 2.13 bits per heavy atom. The van der Waals surface area contributed by atoms with Crippen molar-refractivity contribution in [3.05, 3.63) is 18.1 Å². The van der Waals surface area contributed by atoms with Gasteiger partial charge in [0.25, 0.3) is 0 Å². The molecule has 4 nitrogen and oxygen atoms in total. The molecular formula is C11H20N4. The number of rotatable bonds is 6. The molecule has 0 aromatic carbocycles. The van der Waals surface area contributed by atoms with Gasteiger partial charge >= 0.3 is 0 Å². The Morgan fingerprint density at radius 3 is 2.80 bits per heavy atom. The smallest absolute Gasteiger partial charge is 0.144 e. The molecule has 0 atom stereocenters. The average molecular weight is 208 g/mol. The van der Waals surface area contributed by atoms with Gasteiger partial charge in [-0.3, -0.25) is 4.98 Å². The molecule has 1 aromatic rings. The van der Waals surface area contributed by atoms with E-state index in [2.05, 4.69) is 34.4 Å². The summed E-state index contributed by atoms with van der Waals surface area (Å²) in [6.07, 6.45) is 3.55. The Labute approximate surface area is 91.5 Å². The summed E-state index contributed by atoms with van der Waals surface area (Å²) in [6, 6.07) is 0. The standard InChI is InChI=1S/C11H20N4/c1-4-14-11-8-13-7-10(15-11)6-12-5-9(2)3/h7-9,12H,4-6H2,1-3H3,(H,14,15). The maximum atomic E-state index is 4.42. The molecular weight excluding hydrogens is 188 g/mol. The molecule has 0 amide bonds. The number of hydrogen-bond acceptors (Lipinski definition) is 4. The Bertz CT molecular complexity index is 286. The molecule has 1 heterocycles. The van der Waals surface area contributed by atoms with Gasteiger partial charge in [0, 0.05) is 19.3 Å². The molecule has 0 spiro atoms. The van der Waals surface area contributed by atoms with Gasteiger partial charge in [0.1, 0.15) is 5.82 Å². The topological polar surface area (TPSA) is 49.8 Å². The van der Waals surface area contributed by atoms with Gasteiger partial charge in [0.2, 0.25) is 0 Å². The fraction of sp³-hybridized carbons (Fsp3) is 0.636. The first-order chi connectivity index (χ1) is 7.22. The number of nitrogens with zero attached hydrogens (tertiary/aromatic N) is 2. The fourth-order valence-electron chi connectivity index (χ4n) is 1.25. The lowest BCUT2D eigenvalue weighted by Gasteiger charge is -2.07. The van der Waals surface area contributed by atoms with Gasteiger partial charge in [-0.25, -0.2) is 4.98 Å². The number of nitrogens with one attached hydrogen (secondary N) is 2. The summed E-state index contributed by atoms with van der Waals surface area (Å²) in [5.41, 5.74) is 0.981. The lowest BCUT2D eigenvalue weighted by Crippen LogP contribution is -2.20. The van der Waals surface area contributed by atoms with Crippen LogP contribution in [-0.4, -0.2) is 23.1 Å².